The lowest BCUT2D eigenvalue weighted by molar-refractivity contribution is -0.137. The lowest BCUT2D eigenvalue weighted by Crippen LogP contribution is -1.93. The summed E-state index contributed by atoms with van der Waals surface area (Å²) in [5.74, 6) is -0.476. The van der Waals surface area contributed by atoms with Crippen LogP contribution >= 0.6 is 11.3 Å². The minimum atomic E-state index is -0.696. The Morgan fingerprint density at radius 3 is 2.50 bits per heavy atom. The molecule has 1 rings (SSSR count). The van der Waals surface area contributed by atoms with Crippen LogP contribution < -0.4 is 0 Å². The maximum absolute atomic E-state index is 11.7. The molecule has 0 amide bonds. The highest BCUT2D eigenvalue weighted by atomic mass is 32.1. The number of ketones is 1. The van der Waals surface area contributed by atoms with Crippen molar-refractivity contribution in [3.63, 3.8) is 0 Å². The summed E-state index contributed by atoms with van der Waals surface area (Å²) in [6, 6.07) is 2.17. The summed E-state index contributed by atoms with van der Waals surface area (Å²) in [4.78, 5) is 23.5. The number of hydrogen-bond acceptors (Lipinski definition) is 3. The van der Waals surface area contributed by atoms with Crippen LogP contribution in [-0.2, 0) is 16.0 Å². The molecule has 1 aromatic heterocycles. The molecule has 0 unspecified atom stereocenters. The fraction of sp³-hybridized carbons (Fsp3) is 0.600. The van der Waals surface area contributed by atoms with Crippen molar-refractivity contribution in [1.82, 2.24) is 0 Å². The molecule has 1 aromatic rings. The van der Waals surface area contributed by atoms with Crippen molar-refractivity contribution in [1.29, 1.82) is 0 Å². The first-order valence-electron chi connectivity index (χ1n) is 9.12. The molecule has 1 N–H and O–H groups in total. The fourth-order valence-corrected chi connectivity index (χ4v) is 3.44. The van der Waals surface area contributed by atoms with Crippen LogP contribution in [-0.4, -0.2) is 16.9 Å². The van der Waals surface area contributed by atoms with Crippen molar-refractivity contribution in [2.45, 2.75) is 77.6 Å². The molecule has 24 heavy (non-hydrogen) atoms. The first kappa shape index (κ1) is 20.6. The zero-order valence-electron chi connectivity index (χ0n) is 14.8. The molecular formula is C20H30O3S. The molecule has 0 aromatic carbocycles. The van der Waals surface area contributed by atoms with Gasteiger partial charge in [0.15, 0.2) is 5.78 Å². The topological polar surface area (TPSA) is 54.4 Å². The number of rotatable bonds is 14. The van der Waals surface area contributed by atoms with Gasteiger partial charge >= 0.3 is 5.97 Å². The SMILES string of the molecule is CCCCCC(=O)C=Cc1csc(CCCCCCCC(=O)O)c1. The quantitative estimate of drug-likeness (QED) is 0.337. The fourth-order valence-electron chi connectivity index (χ4n) is 2.54. The van der Waals surface area contributed by atoms with E-state index >= 15 is 0 Å². The van der Waals surface area contributed by atoms with E-state index in [9.17, 15) is 9.59 Å². The van der Waals surface area contributed by atoms with Crippen molar-refractivity contribution >= 4 is 29.2 Å². The lowest BCUT2D eigenvalue weighted by Gasteiger charge is -1.99. The Kier molecular flexibility index (Phi) is 11.1. The number of carboxylic acid groups (broad SMARTS) is 1. The number of allylic oxidation sites excluding steroid dienone is 1. The van der Waals surface area contributed by atoms with Crippen LogP contribution in [0.15, 0.2) is 17.5 Å². The second kappa shape index (κ2) is 12.9. The number of aryl methyl sites for hydroxylation is 1. The van der Waals surface area contributed by atoms with Gasteiger partial charge in [-0.15, -0.1) is 11.3 Å². The van der Waals surface area contributed by atoms with Crippen molar-refractivity contribution in [2.24, 2.45) is 0 Å². The van der Waals surface area contributed by atoms with Gasteiger partial charge < -0.3 is 5.11 Å². The highest BCUT2D eigenvalue weighted by molar-refractivity contribution is 7.10. The van der Waals surface area contributed by atoms with E-state index in [1.54, 1.807) is 17.4 Å². The van der Waals surface area contributed by atoms with Gasteiger partial charge in [0.1, 0.15) is 0 Å². The molecule has 0 spiro atoms. The van der Waals surface area contributed by atoms with Crippen molar-refractivity contribution in [3.8, 4) is 0 Å². The summed E-state index contributed by atoms with van der Waals surface area (Å²) < 4.78 is 0. The molecule has 0 fully saturated rings. The van der Waals surface area contributed by atoms with E-state index in [1.807, 2.05) is 6.08 Å². The Bertz CT molecular complexity index is 517. The Labute approximate surface area is 149 Å². The summed E-state index contributed by atoms with van der Waals surface area (Å²) in [6.45, 7) is 2.14. The first-order valence-corrected chi connectivity index (χ1v) is 10.00. The molecule has 3 nitrogen and oxygen atoms in total. The molecule has 0 saturated heterocycles. The summed E-state index contributed by atoms with van der Waals surface area (Å²) >= 11 is 1.75. The van der Waals surface area contributed by atoms with Gasteiger partial charge in [0.05, 0.1) is 0 Å². The Balaban J connectivity index is 2.16. The summed E-state index contributed by atoms with van der Waals surface area (Å²) in [7, 11) is 0. The minimum absolute atomic E-state index is 0.220. The van der Waals surface area contributed by atoms with Crippen LogP contribution in [0.2, 0.25) is 0 Å². The summed E-state index contributed by atoms with van der Waals surface area (Å²) in [5, 5.41) is 10.7. The van der Waals surface area contributed by atoms with Crippen LogP contribution in [0.3, 0.4) is 0 Å². The first-order chi connectivity index (χ1) is 11.6. The van der Waals surface area contributed by atoms with Crippen LogP contribution in [0.4, 0.5) is 0 Å². The van der Waals surface area contributed by atoms with E-state index in [2.05, 4.69) is 18.4 Å². The molecular weight excluding hydrogens is 320 g/mol. The molecule has 0 aliphatic heterocycles. The van der Waals surface area contributed by atoms with E-state index in [-0.39, 0.29) is 12.2 Å². The third-order valence-corrected chi connectivity index (χ3v) is 4.99. The standard InChI is InChI=1S/C20H30O3S/c1-2-3-7-10-18(21)14-13-17-15-19(24-16-17)11-8-5-4-6-9-12-20(22)23/h13-16H,2-12H2,1H3,(H,22,23). The number of carbonyl (C=O) groups is 2. The van der Waals surface area contributed by atoms with Crippen molar-refractivity contribution < 1.29 is 14.7 Å². The van der Waals surface area contributed by atoms with Gasteiger partial charge in [-0.2, -0.15) is 0 Å². The second-order valence-corrected chi connectivity index (χ2v) is 7.26. The van der Waals surface area contributed by atoms with E-state index in [0.717, 1.165) is 63.4 Å². The predicted octanol–water partition coefficient (Wildman–Crippen LogP) is 5.88. The zero-order chi connectivity index (χ0) is 17.6. The zero-order valence-corrected chi connectivity index (χ0v) is 15.6. The Hall–Kier alpha value is -1.42. The van der Waals surface area contributed by atoms with E-state index < -0.39 is 5.97 Å². The van der Waals surface area contributed by atoms with Crippen LogP contribution in [0.25, 0.3) is 6.08 Å². The monoisotopic (exact) mass is 350 g/mol. The number of aliphatic carboxylic acids is 1. The second-order valence-electron chi connectivity index (χ2n) is 6.26. The molecule has 0 radical (unpaired) electrons. The van der Waals surface area contributed by atoms with Gasteiger partial charge in [-0.3, -0.25) is 9.59 Å². The van der Waals surface area contributed by atoms with Crippen LogP contribution in [0.5, 0.6) is 0 Å². The molecule has 0 saturated carbocycles. The predicted molar refractivity (Wildman–Crippen MR) is 102 cm³/mol. The van der Waals surface area contributed by atoms with Crippen molar-refractivity contribution in [2.75, 3.05) is 0 Å². The van der Waals surface area contributed by atoms with E-state index in [4.69, 9.17) is 5.11 Å². The van der Waals surface area contributed by atoms with Crippen LogP contribution in [0.1, 0.15) is 81.6 Å². The number of thiophene rings is 1. The molecule has 0 bridgehead atoms. The molecule has 4 heteroatoms. The number of unbranched alkanes of at least 4 members (excludes halogenated alkanes) is 6. The van der Waals surface area contributed by atoms with Crippen molar-refractivity contribution in [3.05, 3.63) is 28.0 Å². The molecule has 0 atom stereocenters. The maximum atomic E-state index is 11.7. The molecule has 0 aliphatic carbocycles. The van der Waals surface area contributed by atoms with Gasteiger partial charge in [-0.1, -0.05) is 45.1 Å². The highest BCUT2D eigenvalue weighted by Crippen LogP contribution is 2.19. The van der Waals surface area contributed by atoms with Crippen LogP contribution in [0, 0.1) is 0 Å². The van der Waals surface area contributed by atoms with Gasteiger partial charge in [-0.05, 0) is 48.8 Å². The molecule has 134 valence electrons. The Morgan fingerprint density at radius 1 is 1.04 bits per heavy atom. The maximum Gasteiger partial charge on any atom is 0.303 e. The molecule has 0 aliphatic rings. The number of carbonyl (C=O) groups excluding carboxylic acids is 1. The normalized spacial score (nSPS) is 11.2. The van der Waals surface area contributed by atoms with E-state index in [0.29, 0.717) is 6.42 Å². The summed E-state index contributed by atoms with van der Waals surface area (Å²) in [5.41, 5.74) is 1.13. The smallest absolute Gasteiger partial charge is 0.303 e. The van der Waals surface area contributed by atoms with Gasteiger partial charge in [0.2, 0.25) is 0 Å². The Morgan fingerprint density at radius 2 is 1.75 bits per heavy atom. The summed E-state index contributed by atoms with van der Waals surface area (Å²) in [6.07, 6.45) is 14.1. The number of hydrogen-bond donors (Lipinski definition) is 1. The van der Waals surface area contributed by atoms with Gasteiger partial charge in [-0.25, -0.2) is 0 Å². The average Bonchev–Trinajstić information content (AvgIpc) is 3.00. The van der Waals surface area contributed by atoms with Gasteiger partial charge in [0.25, 0.3) is 0 Å². The van der Waals surface area contributed by atoms with Gasteiger partial charge in [0, 0.05) is 17.7 Å². The average molecular weight is 351 g/mol. The highest BCUT2D eigenvalue weighted by Gasteiger charge is 2.01. The lowest BCUT2D eigenvalue weighted by atomic mass is 10.1. The minimum Gasteiger partial charge on any atom is -0.481 e. The van der Waals surface area contributed by atoms with E-state index in [1.165, 1.54) is 4.88 Å². The third-order valence-electron chi connectivity index (χ3n) is 3.98. The number of carboxylic acids is 1. The largest absolute Gasteiger partial charge is 0.481 e. The molecule has 1 heterocycles. The third kappa shape index (κ3) is 10.4.